The summed E-state index contributed by atoms with van der Waals surface area (Å²) < 4.78 is 11.0. The van der Waals surface area contributed by atoms with Gasteiger partial charge in [-0.2, -0.15) is 0 Å². The topological polar surface area (TPSA) is 63.4 Å². The summed E-state index contributed by atoms with van der Waals surface area (Å²) in [5.41, 5.74) is 1.45. The van der Waals surface area contributed by atoms with Gasteiger partial charge in [-0.05, 0) is 43.9 Å². The van der Waals surface area contributed by atoms with Crippen LogP contribution in [0.1, 0.15) is 41.4 Å². The van der Waals surface area contributed by atoms with Gasteiger partial charge >= 0.3 is 0 Å². The number of thiophene rings is 1. The molecule has 4 heterocycles. The fourth-order valence-electron chi connectivity index (χ4n) is 3.99. The van der Waals surface area contributed by atoms with Crippen LogP contribution in [0.4, 0.5) is 5.82 Å². The molecule has 2 aliphatic rings. The van der Waals surface area contributed by atoms with Gasteiger partial charge < -0.3 is 14.5 Å². The van der Waals surface area contributed by atoms with Crippen molar-refractivity contribution in [3.8, 4) is 0 Å². The zero-order valence-corrected chi connectivity index (χ0v) is 16.3. The van der Waals surface area contributed by atoms with Crippen molar-refractivity contribution >= 4 is 27.4 Å². The van der Waals surface area contributed by atoms with Gasteiger partial charge in [0, 0.05) is 18.0 Å². The summed E-state index contributed by atoms with van der Waals surface area (Å²) in [6.07, 6.45) is 5.25. The summed E-state index contributed by atoms with van der Waals surface area (Å²) >= 11 is 1.84. The fraction of sp³-hybridized carbons (Fsp3) is 0.500. The highest BCUT2D eigenvalue weighted by Gasteiger charge is 2.24. The van der Waals surface area contributed by atoms with Crippen molar-refractivity contribution in [1.29, 1.82) is 0 Å². The lowest BCUT2D eigenvalue weighted by Crippen LogP contribution is -2.36. The summed E-state index contributed by atoms with van der Waals surface area (Å²) in [6, 6.07) is 3.99. The number of nitrogens with one attached hydrogen (secondary N) is 1. The molecule has 3 aromatic heterocycles. The van der Waals surface area contributed by atoms with E-state index < -0.39 is 0 Å². The van der Waals surface area contributed by atoms with Gasteiger partial charge in [-0.1, -0.05) is 0 Å². The van der Waals surface area contributed by atoms with Gasteiger partial charge in [-0.25, -0.2) is 9.97 Å². The molecule has 1 unspecified atom stereocenters. The van der Waals surface area contributed by atoms with E-state index in [1.807, 2.05) is 23.5 Å². The fourth-order valence-corrected chi connectivity index (χ4v) is 5.27. The highest BCUT2D eigenvalue weighted by Crippen LogP contribution is 2.40. The van der Waals surface area contributed by atoms with Crippen LogP contribution in [-0.4, -0.2) is 41.2 Å². The molecule has 6 nitrogen and oxygen atoms in total. The second-order valence-corrected chi connectivity index (χ2v) is 8.38. The van der Waals surface area contributed by atoms with Crippen LogP contribution in [0.25, 0.3) is 10.2 Å². The molecule has 1 saturated heterocycles. The lowest BCUT2D eigenvalue weighted by molar-refractivity contribution is 0.0331. The highest BCUT2D eigenvalue weighted by molar-refractivity contribution is 7.19. The summed E-state index contributed by atoms with van der Waals surface area (Å²) in [7, 11) is 0. The predicted molar refractivity (Wildman–Crippen MR) is 106 cm³/mol. The third-order valence-corrected chi connectivity index (χ3v) is 6.59. The number of nitrogens with zero attached hydrogens (tertiary/aromatic N) is 3. The van der Waals surface area contributed by atoms with Gasteiger partial charge in [0.1, 0.15) is 22.2 Å². The van der Waals surface area contributed by atoms with E-state index in [-0.39, 0.29) is 6.04 Å². The Bertz CT molecular complexity index is 931. The van der Waals surface area contributed by atoms with Crippen LogP contribution in [0.2, 0.25) is 0 Å². The van der Waals surface area contributed by atoms with E-state index in [0.717, 1.165) is 61.5 Å². The SMILES string of the molecule is CC(Nc1nc(CN2CCOCC2)nc2sc3c(c12)CCC3)c1ccco1. The van der Waals surface area contributed by atoms with E-state index in [4.69, 9.17) is 19.1 Å². The number of hydrogen-bond donors (Lipinski definition) is 1. The van der Waals surface area contributed by atoms with Gasteiger partial charge in [-0.3, -0.25) is 4.90 Å². The molecule has 0 amide bonds. The molecule has 1 aliphatic carbocycles. The molecule has 1 N–H and O–H groups in total. The molecule has 0 radical (unpaired) electrons. The van der Waals surface area contributed by atoms with Gasteiger partial charge in [-0.15, -0.1) is 11.3 Å². The Kier molecular flexibility index (Phi) is 4.59. The molecule has 3 aromatic rings. The Morgan fingerprint density at radius 2 is 2.15 bits per heavy atom. The predicted octanol–water partition coefficient (Wildman–Crippen LogP) is 3.78. The number of rotatable bonds is 5. The molecule has 0 aromatic carbocycles. The van der Waals surface area contributed by atoms with Gasteiger partial charge in [0.05, 0.1) is 37.4 Å². The normalized spacial score (nSPS) is 18.7. The number of anilines is 1. The van der Waals surface area contributed by atoms with Crippen molar-refractivity contribution in [3.63, 3.8) is 0 Å². The van der Waals surface area contributed by atoms with E-state index >= 15 is 0 Å². The lowest BCUT2D eigenvalue weighted by atomic mass is 10.1. The first kappa shape index (κ1) is 17.2. The molecule has 27 heavy (non-hydrogen) atoms. The molecule has 1 atom stereocenters. The van der Waals surface area contributed by atoms with Crippen LogP contribution in [0.5, 0.6) is 0 Å². The Labute approximate surface area is 162 Å². The molecule has 5 rings (SSSR count). The van der Waals surface area contributed by atoms with Crippen LogP contribution in [-0.2, 0) is 24.1 Å². The Morgan fingerprint density at radius 3 is 2.96 bits per heavy atom. The van der Waals surface area contributed by atoms with Crippen LogP contribution in [0.15, 0.2) is 22.8 Å². The first-order valence-electron chi connectivity index (χ1n) is 9.69. The Balaban J connectivity index is 1.51. The Hall–Kier alpha value is -1.96. The lowest BCUT2D eigenvalue weighted by Gasteiger charge is -2.26. The number of ether oxygens (including phenoxy) is 1. The number of furan rings is 1. The van der Waals surface area contributed by atoms with E-state index in [0.29, 0.717) is 0 Å². The van der Waals surface area contributed by atoms with Gasteiger partial charge in [0.15, 0.2) is 0 Å². The second kappa shape index (κ2) is 7.22. The van der Waals surface area contributed by atoms with Crippen molar-refractivity contribution in [1.82, 2.24) is 14.9 Å². The molecular weight excluding hydrogens is 360 g/mol. The quantitative estimate of drug-likeness (QED) is 0.722. The summed E-state index contributed by atoms with van der Waals surface area (Å²) in [6.45, 7) is 6.33. The monoisotopic (exact) mass is 384 g/mol. The standard InChI is InChI=1S/C20H24N4O2S/c1-13(15-5-3-9-26-15)21-19-18-14-4-2-6-16(14)27-20(18)23-17(22-19)12-24-7-10-25-11-8-24/h3,5,9,13H,2,4,6-8,10-12H2,1H3,(H,21,22,23). The summed E-state index contributed by atoms with van der Waals surface area (Å²) in [5, 5.41) is 4.82. The molecule has 1 aliphatic heterocycles. The second-order valence-electron chi connectivity index (χ2n) is 7.30. The molecule has 0 bridgehead atoms. The summed E-state index contributed by atoms with van der Waals surface area (Å²) in [5.74, 6) is 2.76. The number of aromatic nitrogens is 2. The number of aryl methyl sites for hydroxylation is 2. The van der Waals surface area contributed by atoms with E-state index in [9.17, 15) is 0 Å². The number of hydrogen-bond acceptors (Lipinski definition) is 7. The van der Waals surface area contributed by atoms with Crippen LogP contribution in [0, 0.1) is 0 Å². The van der Waals surface area contributed by atoms with Crippen LogP contribution < -0.4 is 5.32 Å². The van der Waals surface area contributed by atoms with E-state index in [2.05, 4.69) is 17.1 Å². The first-order chi connectivity index (χ1) is 13.3. The van der Waals surface area contributed by atoms with Crippen molar-refractivity contribution in [3.05, 3.63) is 40.4 Å². The third-order valence-electron chi connectivity index (χ3n) is 5.40. The van der Waals surface area contributed by atoms with Crippen molar-refractivity contribution in [2.24, 2.45) is 0 Å². The maximum absolute atomic E-state index is 5.58. The molecule has 0 saturated carbocycles. The highest BCUT2D eigenvalue weighted by atomic mass is 32.1. The van der Waals surface area contributed by atoms with Crippen LogP contribution in [0.3, 0.4) is 0 Å². The first-order valence-corrected chi connectivity index (χ1v) is 10.5. The summed E-state index contributed by atoms with van der Waals surface area (Å²) in [4.78, 5) is 14.8. The molecular formula is C20H24N4O2S. The van der Waals surface area contributed by atoms with E-state index in [1.54, 1.807) is 6.26 Å². The molecule has 1 fully saturated rings. The molecule has 142 valence electrons. The zero-order chi connectivity index (χ0) is 18.2. The number of fused-ring (bicyclic) bond motifs is 3. The van der Waals surface area contributed by atoms with Crippen molar-refractivity contribution < 1.29 is 9.15 Å². The van der Waals surface area contributed by atoms with Gasteiger partial charge in [0.25, 0.3) is 0 Å². The number of morpholine rings is 1. The average molecular weight is 385 g/mol. The maximum atomic E-state index is 5.58. The van der Waals surface area contributed by atoms with Crippen molar-refractivity contribution in [2.45, 2.75) is 38.8 Å². The smallest absolute Gasteiger partial charge is 0.146 e. The minimum atomic E-state index is 0.0614. The van der Waals surface area contributed by atoms with E-state index in [1.165, 1.54) is 28.7 Å². The zero-order valence-electron chi connectivity index (χ0n) is 15.5. The molecule has 7 heteroatoms. The van der Waals surface area contributed by atoms with Crippen LogP contribution >= 0.6 is 11.3 Å². The third kappa shape index (κ3) is 3.35. The molecule has 0 spiro atoms. The Morgan fingerprint density at radius 1 is 1.26 bits per heavy atom. The van der Waals surface area contributed by atoms with Crippen molar-refractivity contribution in [2.75, 3.05) is 31.6 Å². The average Bonchev–Trinajstić information content (AvgIpc) is 3.39. The minimum Gasteiger partial charge on any atom is -0.467 e. The largest absolute Gasteiger partial charge is 0.467 e. The minimum absolute atomic E-state index is 0.0614. The van der Waals surface area contributed by atoms with Gasteiger partial charge in [0.2, 0.25) is 0 Å². The maximum Gasteiger partial charge on any atom is 0.146 e.